The molecule has 125 heavy (non-hydrogen) atoms. The largest absolute Gasteiger partial charge is 0.464 e. The van der Waals surface area contributed by atoms with Crippen LogP contribution in [0.4, 0.5) is 0 Å². The van der Waals surface area contributed by atoms with E-state index < -0.39 is 0 Å². The predicted octanol–water partition coefficient (Wildman–Crippen LogP) is 28.3. The minimum atomic E-state index is 0.301. The Labute approximate surface area is 717 Å². The number of para-hydroxylation sites is 7. The molecule has 0 aliphatic rings. The molecule has 0 fully saturated rings. The fraction of sp³-hybridized carbons (Fsp3) is 0. The first-order valence-electron chi connectivity index (χ1n) is 41.6. The summed E-state index contributed by atoms with van der Waals surface area (Å²) in [5, 5.41) is 37.4. The summed E-state index contributed by atoms with van der Waals surface area (Å²) in [6, 6.07) is 135. The second kappa shape index (κ2) is 29.1. The summed E-state index contributed by atoms with van der Waals surface area (Å²) in [5.74, 6) is 2.32. The van der Waals surface area contributed by atoms with E-state index in [-0.39, 0.29) is 0 Å². The maximum absolute atomic E-state index is 5.92. The Bertz CT molecular complexity index is 9010. The molecular weight excluding hydrogens is 1600 g/mol. The van der Waals surface area contributed by atoms with Gasteiger partial charge in [0.2, 0.25) is 5.95 Å². The van der Waals surface area contributed by atoms with Gasteiger partial charge in [0.15, 0.2) is 11.6 Å². The first-order chi connectivity index (χ1) is 62.1. The van der Waals surface area contributed by atoms with Crippen molar-refractivity contribution in [3.8, 4) is 57.2 Å². The van der Waals surface area contributed by atoms with Crippen LogP contribution in [-0.4, -0.2) is 62.3 Å². The van der Waals surface area contributed by atoms with Crippen molar-refractivity contribution in [2.24, 2.45) is 0 Å². The molecule has 588 valence electrons. The molecule has 14 nitrogen and oxygen atoms in total. The average Bonchev–Trinajstić information content (AvgIpc) is 1.57. The molecule has 15 heteroatoms. The van der Waals surface area contributed by atoms with E-state index in [2.05, 4.69) is 322 Å². The molecule has 0 bridgehead atoms. The molecule has 12 heterocycles. The van der Waals surface area contributed by atoms with Crippen molar-refractivity contribution in [1.82, 2.24) is 47.8 Å². The standard InChI is InChI=1S/C32H20N2O.C28H18N4O.C26H15NOSe.C24H15N3O/c1-4-10-27-24(7-1)25-8-2-5-11-28(25)33(27)22-14-16-23(17-15-22)34-29-12-6-3-9-26(29)31-30(34)18-13-21-19-20-35-32(21)31;1-3-9-20(10-4-1)27-29-30-28(31(27)21-11-5-2-6-12-21)32-23-14-8-7-13-22(23)25-24(32)16-15-19-17-18-33-26(19)25;1-3-9-20-19(7-1)24-21(13-12-16-14-15-28-25(16)24)27(20)22-10-5-8-18-17-6-2-4-11-23(17)29-26(18)22;1-2-6-16(7-3-1)19-11-13-22(26-25-19)27-20-9-5-4-8-18(20)23-21(27)12-10-17-14-15-28-24(17)23/h1-20H;1-18H;1-15H;1-15H. The van der Waals surface area contributed by atoms with E-state index in [1.54, 1.807) is 25.1 Å². The van der Waals surface area contributed by atoms with Gasteiger partial charge in [-0.1, -0.05) is 170 Å². The van der Waals surface area contributed by atoms with Crippen LogP contribution in [0.5, 0.6) is 0 Å². The summed E-state index contributed by atoms with van der Waals surface area (Å²) in [5.41, 5.74) is 22.6. The Balaban J connectivity index is 0.0000000914. The van der Waals surface area contributed by atoms with E-state index in [1.807, 2.05) is 109 Å². The number of hydrogen-bond donors (Lipinski definition) is 0. The van der Waals surface area contributed by atoms with E-state index in [0.717, 1.165) is 150 Å². The van der Waals surface area contributed by atoms with Crippen molar-refractivity contribution in [3.63, 3.8) is 0 Å². The molecule has 0 aliphatic carbocycles. The normalized spacial score (nSPS) is 11.8. The molecule has 28 rings (SSSR count). The van der Waals surface area contributed by atoms with Crippen LogP contribution in [0.2, 0.25) is 0 Å². The predicted molar refractivity (Wildman–Crippen MR) is 510 cm³/mol. The Hall–Kier alpha value is -16.6. The smallest absolute Gasteiger partial charge is 0.143 e. The van der Waals surface area contributed by atoms with Gasteiger partial charge in [0.05, 0.1) is 90.5 Å². The van der Waals surface area contributed by atoms with Crippen molar-refractivity contribution in [2.75, 3.05) is 0 Å². The van der Waals surface area contributed by atoms with Crippen molar-refractivity contribution in [1.29, 1.82) is 0 Å². The zero-order valence-corrected chi connectivity index (χ0v) is 68.5. The summed E-state index contributed by atoms with van der Waals surface area (Å²) < 4.78 is 40.1. The van der Waals surface area contributed by atoms with Crippen molar-refractivity contribution in [2.45, 2.75) is 0 Å². The molecule has 0 saturated heterocycles. The van der Waals surface area contributed by atoms with Gasteiger partial charge in [-0.3, -0.25) is 13.7 Å². The van der Waals surface area contributed by atoms with Gasteiger partial charge in [-0.25, -0.2) is 0 Å². The summed E-state index contributed by atoms with van der Waals surface area (Å²) in [4.78, 5) is 0. The molecule has 0 radical (unpaired) electrons. The fourth-order valence-electron chi connectivity index (χ4n) is 19.0. The summed E-state index contributed by atoms with van der Waals surface area (Å²) in [7, 11) is 0. The van der Waals surface area contributed by atoms with E-state index in [1.165, 1.54) is 79.5 Å². The second-order valence-electron chi connectivity index (χ2n) is 31.2. The van der Waals surface area contributed by atoms with E-state index in [4.69, 9.17) is 22.8 Å². The number of rotatable bonds is 8. The molecule has 12 aromatic heterocycles. The number of nitrogens with zero attached hydrogens (tertiary/aromatic N) is 10. The van der Waals surface area contributed by atoms with Gasteiger partial charge in [0.25, 0.3) is 0 Å². The SMILES string of the molecule is c1ccc(-c2ccc(-n3c4ccccc4c4c5occc5ccc43)nn2)cc1.c1ccc(-c2nnc(-n3c4ccccc4c4c5occc5ccc43)n2-c2ccccc2)cc1.c1ccc2c(c1)[se]c1c(-n3c4ccccc4c4c5occc5ccc43)cccc12.c1ccc2c(c1)c1ccccc1n2-c1ccc(-n2c3ccccc3c3c4occc4ccc32)cc1. The molecule has 0 N–H and O–H groups in total. The summed E-state index contributed by atoms with van der Waals surface area (Å²) >= 11 is 0.301. The Kier molecular flexibility index (Phi) is 16.6. The van der Waals surface area contributed by atoms with Crippen LogP contribution >= 0.6 is 0 Å². The minimum absolute atomic E-state index is 0.301. The van der Waals surface area contributed by atoms with E-state index in [9.17, 15) is 0 Å². The third kappa shape index (κ3) is 11.4. The molecule has 0 saturated carbocycles. The van der Waals surface area contributed by atoms with E-state index in [0.29, 0.717) is 14.5 Å². The molecule has 0 atom stereocenters. The number of aromatic nitrogens is 10. The molecule has 0 unspecified atom stereocenters. The topological polar surface area (TPSA) is 134 Å². The van der Waals surface area contributed by atoms with Crippen molar-refractivity contribution in [3.05, 3.63) is 413 Å². The second-order valence-corrected chi connectivity index (χ2v) is 33.5. The number of furan rings is 4. The Morgan fingerprint density at radius 3 is 1.07 bits per heavy atom. The maximum atomic E-state index is 5.92. The molecule has 28 aromatic rings. The van der Waals surface area contributed by atoms with E-state index >= 15 is 0 Å². The summed E-state index contributed by atoms with van der Waals surface area (Å²) in [6.45, 7) is 0. The van der Waals surface area contributed by atoms with Gasteiger partial charge < -0.3 is 22.4 Å². The van der Waals surface area contributed by atoms with Gasteiger partial charge in [-0.05, 0) is 133 Å². The minimum Gasteiger partial charge on any atom is -0.464 e. The summed E-state index contributed by atoms with van der Waals surface area (Å²) in [6.07, 6.45) is 7.05. The van der Waals surface area contributed by atoms with Crippen LogP contribution < -0.4 is 0 Å². The Morgan fingerprint density at radius 1 is 0.216 bits per heavy atom. The van der Waals surface area contributed by atoms with Crippen molar-refractivity contribution >= 4 is 187 Å². The fourth-order valence-corrected chi connectivity index (χ4v) is 21.5. The first-order valence-corrected chi connectivity index (χ1v) is 43.3. The molecule has 0 spiro atoms. The number of benzene rings is 16. The first kappa shape index (κ1) is 71.3. The number of fused-ring (bicyclic) bond motifs is 26. The third-order valence-electron chi connectivity index (χ3n) is 24.4. The van der Waals surface area contributed by atoms with Crippen LogP contribution in [0.25, 0.3) is 229 Å². The number of hydrogen-bond acceptors (Lipinski definition) is 8. The van der Waals surface area contributed by atoms with Crippen LogP contribution in [0.3, 0.4) is 0 Å². The zero-order valence-electron chi connectivity index (χ0n) is 66.8. The third-order valence-corrected chi connectivity index (χ3v) is 27.0. The average molecular weight is 1670 g/mol. The Morgan fingerprint density at radius 2 is 0.584 bits per heavy atom. The zero-order chi connectivity index (χ0) is 82.2. The molecule has 0 amide bonds. The van der Waals surface area contributed by atoms with Crippen LogP contribution in [-0.2, 0) is 0 Å². The van der Waals surface area contributed by atoms with Gasteiger partial charge in [0.1, 0.15) is 16.7 Å². The molecule has 16 aromatic carbocycles. The molecule has 0 aliphatic heterocycles. The van der Waals surface area contributed by atoms with Crippen LogP contribution in [0.15, 0.2) is 431 Å². The quantitative estimate of drug-likeness (QED) is 0.137. The van der Waals surface area contributed by atoms with Crippen molar-refractivity contribution < 1.29 is 17.7 Å². The monoisotopic (exact) mass is 1670 g/mol. The van der Waals surface area contributed by atoms with Gasteiger partial charge >= 0.3 is 172 Å². The van der Waals surface area contributed by atoms with Crippen LogP contribution in [0.1, 0.15) is 0 Å². The van der Waals surface area contributed by atoms with Gasteiger partial charge in [-0.2, -0.15) is 0 Å². The maximum Gasteiger partial charge on any atom is 0.143 e. The van der Waals surface area contributed by atoms with Crippen LogP contribution in [0, 0.1) is 0 Å². The van der Waals surface area contributed by atoms with Gasteiger partial charge in [-0.15, -0.1) is 20.4 Å². The molecular formula is C110H68N10O4Se. The van der Waals surface area contributed by atoms with Gasteiger partial charge in [0, 0.05) is 65.6 Å².